The molecule has 6 heteroatoms. The maximum Gasteiger partial charge on any atom is 0.412 e. The Hall–Kier alpha value is -1.69. The highest BCUT2D eigenvalue weighted by Crippen LogP contribution is 2.28. The molecule has 0 bridgehead atoms. The Morgan fingerprint density at radius 3 is 2.79 bits per heavy atom. The molecule has 1 aromatic heterocycles. The first-order valence-corrected chi connectivity index (χ1v) is 6.54. The van der Waals surface area contributed by atoms with E-state index in [9.17, 15) is 4.79 Å². The van der Waals surface area contributed by atoms with Crippen LogP contribution in [0.2, 0.25) is 0 Å². The van der Waals surface area contributed by atoms with Crippen molar-refractivity contribution < 1.29 is 9.53 Å². The van der Waals surface area contributed by atoms with E-state index in [0.29, 0.717) is 11.2 Å². The molecule has 0 radical (unpaired) electrons. The number of nitrogens with zero attached hydrogens (tertiary/aromatic N) is 2. The fraction of sp³-hybridized carbons (Fsp3) is 0.308. The standard InChI is InChI=1S/C13H14BrN3O2/c1-13(2,3)19-12(18)17-10-5-4-9(14)8-6-15-7-16-11(8)10/h4-7H,1-3H3,(H,17,18). The molecule has 0 saturated heterocycles. The van der Waals surface area contributed by atoms with Crippen molar-refractivity contribution in [2.45, 2.75) is 26.4 Å². The first kappa shape index (κ1) is 13.7. The molecule has 0 spiro atoms. The Bertz CT molecular complexity index is 623. The second kappa shape index (κ2) is 5.13. The van der Waals surface area contributed by atoms with E-state index in [1.807, 2.05) is 26.8 Å². The number of fused-ring (bicyclic) bond motifs is 1. The summed E-state index contributed by atoms with van der Waals surface area (Å²) in [5.41, 5.74) is 0.717. The molecule has 2 rings (SSSR count). The van der Waals surface area contributed by atoms with Gasteiger partial charge in [-0.25, -0.2) is 14.8 Å². The quantitative estimate of drug-likeness (QED) is 0.868. The Morgan fingerprint density at radius 2 is 2.11 bits per heavy atom. The molecule has 2 aromatic rings. The SMILES string of the molecule is CC(C)(C)OC(=O)Nc1ccc(Br)c2cncnc12. The molecule has 0 saturated carbocycles. The van der Waals surface area contributed by atoms with Crippen LogP contribution < -0.4 is 5.32 Å². The van der Waals surface area contributed by atoms with Crippen LogP contribution in [-0.4, -0.2) is 21.7 Å². The Labute approximate surface area is 119 Å². The van der Waals surface area contributed by atoms with Crippen LogP contribution in [0.1, 0.15) is 20.8 Å². The number of carbonyl (C=O) groups excluding carboxylic acids is 1. The molecular formula is C13H14BrN3O2. The van der Waals surface area contributed by atoms with Crippen molar-refractivity contribution in [3.8, 4) is 0 Å². The van der Waals surface area contributed by atoms with Crippen molar-refractivity contribution in [2.75, 3.05) is 5.32 Å². The topological polar surface area (TPSA) is 64.1 Å². The number of hydrogen-bond donors (Lipinski definition) is 1. The van der Waals surface area contributed by atoms with Gasteiger partial charge in [-0.1, -0.05) is 15.9 Å². The van der Waals surface area contributed by atoms with Gasteiger partial charge in [0.2, 0.25) is 0 Å². The number of amides is 1. The Morgan fingerprint density at radius 1 is 1.37 bits per heavy atom. The van der Waals surface area contributed by atoms with E-state index < -0.39 is 11.7 Å². The molecule has 1 heterocycles. The maximum absolute atomic E-state index is 11.8. The summed E-state index contributed by atoms with van der Waals surface area (Å²) in [6, 6.07) is 3.60. The molecular weight excluding hydrogens is 310 g/mol. The number of aromatic nitrogens is 2. The minimum atomic E-state index is -0.537. The third kappa shape index (κ3) is 3.41. The number of halogens is 1. The van der Waals surface area contributed by atoms with Gasteiger partial charge in [0.25, 0.3) is 0 Å². The fourth-order valence-corrected chi connectivity index (χ4v) is 1.98. The lowest BCUT2D eigenvalue weighted by atomic mass is 10.2. The first-order valence-electron chi connectivity index (χ1n) is 5.75. The summed E-state index contributed by atoms with van der Waals surface area (Å²) in [6.45, 7) is 5.44. The first-order chi connectivity index (χ1) is 8.87. The number of nitrogens with one attached hydrogen (secondary N) is 1. The van der Waals surface area contributed by atoms with Gasteiger partial charge < -0.3 is 4.74 Å². The summed E-state index contributed by atoms with van der Waals surface area (Å²) in [7, 11) is 0. The summed E-state index contributed by atoms with van der Waals surface area (Å²) in [4.78, 5) is 19.9. The van der Waals surface area contributed by atoms with Gasteiger partial charge in [-0.2, -0.15) is 0 Å². The van der Waals surface area contributed by atoms with Gasteiger partial charge in [0.1, 0.15) is 11.9 Å². The van der Waals surface area contributed by atoms with Gasteiger partial charge in [-0.05, 0) is 32.9 Å². The number of ether oxygens (including phenoxy) is 1. The van der Waals surface area contributed by atoms with Crippen molar-refractivity contribution in [3.63, 3.8) is 0 Å². The summed E-state index contributed by atoms with van der Waals surface area (Å²) >= 11 is 3.42. The molecule has 1 aromatic carbocycles. The van der Waals surface area contributed by atoms with Gasteiger partial charge in [0.05, 0.1) is 11.2 Å². The van der Waals surface area contributed by atoms with Gasteiger partial charge in [-0.3, -0.25) is 5.32 Å². The lowest BCUT2D eigenvalue weighted by Gasteiger charge is -2.20. The minimum Gasteiger partial charge on any atom is -0.444 e. The van der Waals surface area contributed by atoms with Gasteiger partial charge in [0.15, 0.2) is 0 Å². The zero-order valence-corrected chi connectivity index (χ0v) is 12.5. The lowest BCUT2D eigenvalue weighted by molar-refractivity contribution is 0.0636. The van der Waals surface area contributed by atoms with Crippen molar-refractivity contribution in [3.05, 3.63) is 29.1 Å². The molecule has 0 aliphatic heterocycles. The molecule has 0 aliphatic carbocycles. The fourth-order valence-electron chi connectivity index (χ4n) is 1.56. The average Bonchev–Trinajstić information content (AvgIpc) is 2.31. The van der Waals surface area contributed by atoms with E-state index in [0.717, 1.165) is 9.86 Å². The van der Waals surface area contributed by atoms with Crippen LogP contribution in [0, 0.1) is 0 Å². The molecule has 0 unspecified atom stereocenters. The van der Waals surface area contributed by atoms with Crippen molar-refractivity contribution in [2.24, 2.45) is 0 Å². The second-order valence-corrected chi connectivity index (χ2v) is 5.86. The van der Waals surface area contributed by atoms with E-state index in [4.69, 9.17) is 4.74 Å². The molecule has 5 nitrogen and oxygen atoms in total. The number of rotatable bonds is 1. The van der Waals surface area contributed by atoms with Crippen LogP contribution in [0.4, 0.5) is 10.5 Å². The van der Waals surface area contributed by atoms with Crippen LogP contribution in [-0.2, 0) is 4.74 Å². The molecule has 100 valence electrons. The highest BCUT2D eigenvalue weighted by Gasteiger charge is 2.17. The molecule has 0 fully saturated rings. The maximum atomic E-state index is 11.8. The van der Waals surface area contributed by atoms with E-state index >= 15 is 0 Å². The van der Waals surface area contributed by atoms with Gasteiger partial charge >= 0.3 is 6.09 Å². The molecule has 19 heavy (non-hydrogen) atoms. The predicted octanol–water partition coefficient (Wildman–Crippen LogP) is 3.74. The van der Waals surface area contributed by atoms with Crippen molar-refractivity contribution in [1.82, 2.24) is 9.97 Å². The average molecular weight is 324 g/mol. The van der Waals surface area contributed by atoms with Crippen LogP contribution in [0.25, 0.3) is 10.9 Å². The monoisotopic (exact) mass is 323 g/mol. The Kier molecular flexibility index (Phi) is 3.71. The molecule has 1 amide bonds. The predicted molar refractivity (Wildman–Crippen MR) is 77.1 cm³/mol. The number of carbonyl (C=O) groups is 1. The van der Waals surface area contributed by atoms with E-state index in [-0.39, 0.29) is 0 Å². The molecule has 0 aliphatic rings. The number of hydrogen-bond acceptors (Lipinski definition) is 4. The van der Waals surface area contributed by atoms with E-state index in [1.165, 1.54) is 6.33 Å². The van der Waals surface area contributed by atoms with Crippen LogP contribution in [0.15, 0.2) is 29.1 Å². The number of anilines is 1. The van der Waals surface area contributed by atoms with Crippen molar-refractivity contribution in [1.29, 1.82) is 0 Å². The van der Waals surface area contributed by atoms with Gasteiger partial charge in [-0.15, -0.1) is 0 Å². The van der Waals surface area contributed by atoms with Crippen LogP contribution in [0.5, 0.6) is 0 Å². The van der Waals surface area contributed by atoms with Crippen molar-refractivity contribution >= 4 is 38.6 Å². The molecule has 1 N–H and O–H groups in total. The smallest absolute Gasteiger partial charge is 0.412 e. The van der Waals surface area contributed by atoms with Crippen LogP contribution >= 0.6 is 15.9 Å². The van der Waals surface area contributed by atoms with E-state index in [2.05, 4.69) is 31.2 Å². The highest BCUT2D eigenvalue weighted by molar-refractivity contribution is 9.10. The zero-order chi connectivity index (χ0) is 14.0. The third-order valence-electron chi connectivity index (χ3n) is 2.26. The Balaban J connectivity index is 2.31. The number of benzene rings is 1. The van der Waals surface area contributed by atoms with Crippen LogP contribution in [0.3, 0.4) is 0 Å². The summed E-state index contributed by atoms with van der Waals surface area (Å²) in [6.07, 6.45) is 2.62. The van der Waals surface area contributed by atoms with Gasteiger partial charge in [0, 0.05) is 16.1 Å². The summed E-state index contributed by atoms with van der Waals surface area (Å²) < 4.78 is 6.09. The minimum absolute atomic E-state index is 0.505. The normalized spacial score (nSPS) is 11.4. The third-order valence-corrected chi connectivity index (χ3v) is 2.95. The summed E-state index contributed by atoms with van der Waals surface area (Å²) in [5.74, 6) is 0. The largest absolute Gasteiger partial charge is 0.444 e. The summed E-state index contributed by atoms with van der Waals surface area (Å²) in [5, 5.41) is 3.53. The second-order valence-electron chi connectivity index (χ2n) is 5.01. The highest BCUT2D eigenvalue weighted by atomic mass is 79.9. The molecule has 0 atom stereocenters. The zero-order valence-electron chi connectivity index (χ0n) is 10.9. The lowest BCUT2D eigenvalue weighted by Crippen LogP contribution is -2.27. The van der Waals surface area contributed by atoms with E-state index in [1.54, 1.807) is 12.3 Å².